The number of hydrogen-bond acceptors (Lipinski definition) is 3. The number of carbonyl (C=O) groups excluding carboxylic acids is 1. The van der Waals surface area contributed by atoms with E-state index in [1.165, 1.54) is 17.0 Å². The smallest absolute Gasteiger partial charge is 0.416 e. The van der Waals surface area contributed by atoms with Crippen molar-refractivity contribution < 1.29 is 27.1 Å². The number of fused-ring (bicyclic) bond motifs is 1. The third kappa shape index (κ3) is 3.98. The first-order valence-corrected chi connectivity index (χ1v) is 8.78. The molecule has 0 radical (unpaired) electrons. The maximum absolute atomic E-state index is 12.8. The van der Waals surface area contributed by atoms with Gasteiger partial charge >= 0.3 is 6.18 Å². The van der Waals surface area contributed by atoms with Crippen molar-refractivity contribution in [1.82, 2.24) is 4.90 Å². The number of carbonyl (C=O) groups is 1. The van der Waals surface area contributed by atoms with Gasteiger partial charge in [0.15, 0.2) is 5.76 Å². The SMILES string of the molecule is CCOc1ccc2oc(C(=O)N(C)Cc3ccc(C(F)(F)F)cc3)c(C)c2c1. The van der Waals surface area contributed by atoms with Crippen molar-refractivity contribution in [2.45, 2.75) is 26.6 Å². The predicted molar refractivity (Wildman–Crippen MR) is 99.4 cm³/mol. The lowest BCUT2D eigenvalue weighted by Crippen LogP contribution is -2.26. The number of furan rings is 1. The van der Waals surface area contributed by atoms with Crippen LogP contribution in [-0.4, -0.2) is 24.5 Å². The van der Waals surface area contributed by atoms with E-state index < -0.39 is 11.7 Å². The van der Waals surface area contributed by atoms with Crippen LogP contribution >= 0.6 is 0 Å². The molecule has 3 aromatic rings. The van der Waals surface area contributed by atoms with Crippen molar-refractivity contribution in [3.63, 3.8) is 0 Å². The highest BCUT2D eigenvalue weighted by Gasteiger charge is 2.30. The quantitative estimate of drug-likeness (QED) is 0.582. The first kappa shape index (κ1) is 19.8. The van der Waals surface area contributed by atoms with Crippen LogP contribution < -0.4 is 4.74 Å². The summed E-state index contributed by atoms with van der Waals surface area (Å²) in [6.07, 6.45) is -4.38. The second-order valence-electron chi connectivity index (χ2n) is 6.50. The zero-order valence-corrected chi connectivity index (χ0v) is 15.8. The van der Waals surface area contributed by atoms with E-state index in [1.54, 1.807) is 26.1 Å². The lowest BCUT2D eigenvalue weighted by Gasteiger charge is -2.17. The molecule has 0 saturated heterocycles. The van der Waals surface area contributed by atoms with Crippen LogP contribution in [0.25, 0.3) is 11.0 Å². The predicted octanol–water partition coefficient (Wildman–Crippen LogP) is 5.43. The van der Waals surface area contributed by atoms with Crippen molar-refractivity contribution in [3.05, 3.63) is 64.9 Å². The van der Waals surface area contributed by atoms with Crippen LogP contribution in [0.5, 0.6) is 5.75 Å². The van der Waals surface area contributed by atoms with Crippen molar-refractivity contribution in [3.8, 4) is 5.75 Å². The van der Waals surface area contributed by atoms with E-state index in [1.807, 2.05) is 13.0 Å². The average Bonchev–Trinajstić information content (AvgIpc) is 2.97. The summed E-state index contributed by atoms with van der Waals surface area (Å²) in [5.74, 6) is 0.556. The molecule has 28 heavy (non-hydrogen) atoms. The number of halogens is 3. The first-order valence-electron chi connectivity index (χ1n) is 8.78. The number of nitrogens with zero attached hydrogens (tertiary/aromatic N) is 1. The zero-order chi connectivity index (χ0) is 20.5. The Labute approximate surface area is 160 Å². The summed E-state index contributed by atoms with van der Waals surface area (Å²) in [6, 6.07) is 10.1. The summed E-state index contributed by atoms with van der Waals surface area (Å²) in [7, 11) is 1.58. The van der Waals surface area contributed by atoms with Gasteiger partial charge < -0.3 is 14.1 Å². The molecule has 1 aromatic heterocycles. The van der Waals surface area contributed by atoms with E-state index in [0.717, 1.165) is 17.5 Å². The molecule has 2 aromatic carbocycles. The monoisotopic (exact) mass is 391 g/mol. The Morgan fingerprint density at radius 1 is 1.14 bits per heavy atom. The molecule has 0 aliphatic rings. The van der Waals surface area contributed by atoms with Crippen LogP contribution in [0.15, 0.2) is 46.9 Å². The molecule has 4 nitrogen and oxygen atoms in total. The van der Waals surface area contributed by atoms with Crippen LogP contribution in [0.1, 0.15) is 34.2 Å². The number of aryl methyl sites for hydroxylation is 1. The van der Waals surface area contributed by atoms with Gasteiger partial charge in [0, 0.05) is 24.5 Å². The van der Waals surface area contributed by atoms with Crippen LogP contribution in [0.4, 0.5) is 13.2 Å². The highest BCUT2D eigenvalue weighted by molar-refractivity contribution is 5.99. The number of alkyl halides is 3. The lowest BCUT2D eigenvalue weighted by molar-refractivity contribution is -0.137. The number of rotatable bonds is 5. The molecule has 0 saturated carbocycles. The molecule has 1 amide bonds. The minimum atomic E-state index is -4.38. The van der Waals surface area contributed by atoms with Crippen LogP contribution in [0, 0.1) is 6.92 Å². The Bertz CT molecular complexity index is 991. The van der Waals surface area contributed by atoms with Crippen LogP contribution in [0.3, 0.4) is 0 Å². The van der Waals surface area contributed by atoms with Gasteiger partial charge in [-0.2, -0.15) is 13.2 Å². The largest absolute Gasteiger partial charge is 0.494 e. The molecule has 0 aliphatic carbocycles. The average molecular weight is 391 g/mol. The molecule has 3 rings (SSSR count). The highest BCUT2D eigenvalue weighted by atomic mass is 19.4. The zero-order valence-electron chi connectivity index (χ0n) is 15.8. The summed E-state index contributed by atoms with van der Waals surface area (Å²) in [5.41, 5.74) is 1.15. The molecule has 0 fully saturated rings. The second-order valence-corrected chi connectivity index (χ2v) is 6.50. The van der Waals surface area contributed by atoms with E-state index in [-0.39, 0.29) is 18.2 Å². The molecular weight excluding hydrogens is 371 g/mol. The normalized spacial score (nSPS) is 11.6. The van der Waals surface area contributed by atoms with Gasteiger partial charge in [0.05, 0.1) is 12.2 Å². The van der Waals surface area contributed by atoms with E-state index in [0.29, 0.717) is 29.1 Å². The van der Waals surface area contributed by atoms with Gasteiger partial charge in [0.25, 0.3) is 5.91 Å². The fourth-order valence-corrected chi connectivity index (χ4v) is 2.98. The molecule has 0 aliphatic heterocycles. The summed E-state index contributed by atoms with van der Waals surface area (Å²) in [5, 5.41) is 0.789. The van der Waals surface area contributed by atoms with Crippen molar-refractivity contribution in [2.24, 2.45) is 0 Å². The van der Waals surface area contributed by atoms with Crippen LogP contribution in [-0.2, 0) is 12.7 Å². The minimum absolute atomic E-state index is 0.164. The molecule has 0 atom stereocenters. The van der Waals surface area contributed by atoms with Gasteiger partial charge in [-0.15, -0.1) is 0 Å². The first-order chi connectivity index (χ1) is 13.2. The Balaban J connectivity index is 1.80. The summed E-state index contributed by atoms with van der Waals surface area (Å²) >= 11 is 0. The Morgan fingerprint density at radius 3 is 2.43 bits per heavy atom. The number of benzene rings is 2. The molecule has 0 bridgehead atoms. The molecule has 1 heterocycles. The van der Waals surface area contributed by atoms with Gasteiger partial charge in [-0.25, -0.2) is 0 Å². The highest BCUT2D eigenvalue weighted by Crippen LogP contribution is 2.31. The van der Waals surface area contributed by atoms with Gasteiger partial charge in [-0.05, 0) is 49.7 Å². The maximum Gasteiger partial charge on any atom is 0.416 e. The Morgan fingerprint density at radius 2 is 1.82 bits per heavy atom. The molecular formula is C21H20F3NO3. The van der Waals surface area contributed by atoms with Gasteiger partial charge in [-0.3, -0.25) is 4.79 Å². The van der Waals surface area contributed by atoms with E-state index in [9.17, 15) is 18.0 Å². The van der Waals surface area contributed by atoms with E-state index >= 15 is 0 Å². The van der Waals surface area contributed by atoms with Gasteiger partial charge in [0.1, 0.15) is 11.3 Å². The van der Waals surface area contributed by atoms with Crippen molar-refractivity contribution >= 4 is 16.9 Å². The van der Waals surface area contributed by atoms with Gasteiger partial charge in [-0.1, -0.05) is 12.1 Å². The minimum Gasteiger partial charge on any atom is -0.494 e. The summed E-state index contributed by atoms with van der Waals surface area (Å²) in [4.78, 5) is 14.2. The molecule has 0 spiro atoms. The third-order valence-corrected chi connectivity index (χ3v) is 4.46. The lowest BCUT2D eigenvalue weighted by atomic mass is 10.1. The van der Waals surface area contributed by atoms with E-state index in [4.69, 9.17) is 9.15 Å². The number of ether oxygens (including phenoxy) is 1. The maximum atomic E-state index is 12.8. The summed E-state index contributed by atoms with van der Waals surface area (Å²) in [6.45, 7) is 4.38. The molecule has 7 heteroatoms. The number of hydrogen-bond donors (Lipinski definition) is 0. The van der Waals surface area contributed by atoms with Crippen molar-refractivity contribution in [2.75, 3.05) is 13.7 Å². The second kappa shape index (κ2) is 7.58. The topological polar surface area (TPSA) is 42.7 Å². The Hall–Kier alpha value is -2.96. The molecule has 0 unspecified atom stereocenters. The standard InChI is InChI=1S/C21H20F3NO3/c1-4-27-16-9-10-18-17(11-16)13(2)19(28-18)20(26)25(3)12-14-5-7-15(8-6-14)21(22,23)24/h5-11H,4,12H2,1-3H3. The van der Waals surface area contributed by atoms with Gasteiger partial charge in [0.2, 0.25) is 0 Å². The molecule has 148 valence electrons. The van der Waals surface area contributed by atoms with Crippen LogP contribution in [0.2, 0.25) is 0 Å². The summed E-state index contributed by atoms with van der Waals surface area (Å²) < 4.78 is 49.2. The fraction of sp³-hybridized carbons (Fsp3) is 0.286. The fourth-order valence-electron chi connectivity index (χ4n) is 2.98. The molecule has 0 N–H and O–H groups in total. The third-order valence-electron chi connectivity index (χ3n) is 4.46. The number of amides is 1. The Kier molecular flexibility index (Phi) is 5.36. The van der Waals surface area contributed by atoms with E-state index in [2.05, 4.69) is 0 Å². The van der Waals surface area contributed by atoms with Crippen molar-refractivity contribution in [1.29, 1.82) is 0 Å².